The molecule has 1 aliphatic rings. The van der Waals surface area contributed by atoms with Crippen molar-refractivity contribution in [2.24, 2.45) is 11.8 Å². The van der Waals surface area contributed by atoms with E-state index in [2.05, 4.69) is 19.2 Å². The van der Waals surface area contributed by atoms with Crippen LogP contribution >= 0.6 is 0 Å². The zero-order valence-corrected chi connectivity index (χ0v) is 13.4. The van der Waals surface area contributed by atoms with E-state index in [-0.39, 0.29) is 24.0 Å². The molecule has 1 saturated heterocycles. The second-order valence-electron chi connectivity index (χ2n) is 6.10. The summed E-state index contributed by atoms with van der Waals surface area (Å²) in [5, 5.41) is 2.56. The molecule has 1 heterocycles. The smallest absolute Gasteiger partial charge is 0.324 e. The molecule has 1 fully saturated rings. The molecule has 0 aromatic rings. The Bertz CT molecular complexity index is 473. The van der Waals surface area contributed by atoms with Crippen LogP contribution in [0.2, 0.25) is 0 Å². The lowest BCUT2D eigenvalue weighted by molar-refractivity contribution is -0.127. The molecule has 0 aromatic carbocycles. The van der Waals surface area contributed by atoms with Crippen LogP contribution in [-0.2, 0) is 14.6 Å². The number of hydrogen-bond donors (Lipinski definition) is 1. The zero-order chi connectivity index (χ0) is 15.5. The highest BCUT2D eigenvalue weighted by Crippen LogP contribution is 2.17. The molecular weight excluding hydrogens is 280 g/mol. The third-order valence-corrected chi connectivity index (χ3v) is 4.23. The molecular formula is C13H24N2O4S. The van der Waals surface area contributed by atoms with Crippen LogP contribution < -0.4 is 5.32 Å². The summed E-state index contributed by atoms with van der Waals surface area (Å²) in [5.41, 5.74) is 0. The number of carbonyl (C=O) groups excluding carboxylic acids is 2. The lowest BCUT2D eigenvalue weighted by atomic mass is 9.98. The summed E-state index contributed by atoms with van der Waals surface area (Å²) < 4.78 is 22.2. The summed E-state index contributed by atoms with van der Waals surface area (Å²) in [6, 6.07) is -1.12. The fraction of sp³-hybridized carbons (Fsp3) is 0.846. The third-order valence-electron chi connectivity index (χ3n) is 3.25. The largest absolute Gasteiger partial charge is 0.326 e. The number of imide groups is 1. The number of nitrogens with zero attached hydrogens (tertiary/aromatic N) is 1. The zero-order valence-electron chi connectivity index (χ0n) is 12.5. The van der Waals surface area contributed by atoms with Gasteiger partial charge < -0.3 is 5.32 Å². The number of amides is 3. The molecule has 1 N–H and O–H groups in total. The molecule has 3 amide bonds. The normalized spacial score (nSPS) is 21.4. The first-order valence-corrected chi connectivity index (χ1v) is 8.95. The summed E-state index contributed by atoms with van der Waals surface area (Å²) in [5.74, 6) is 0.332. The summed E-state index contributed by atoms with van der Waals surface area (Å²) in [7, 11) is -3.13. The highest BCUT2D eigenvalue weighted by atomic mass is 32.2. The van der Waals surface area contributed by atoms with Crippen molar-refractivity contribution < 1.29 is 18.0 Å². The molecule has 116 valence electrons. The SMILES string of the molecule is CC(C)C[C@@H](C)CN1C(=O)N[C@@H](CCS(C)(=O)=O)C1=O. The molecule has 0 aromatic heterocycles. The van der Waals surface area contributed by atoms with E-state index in [9.17, 15) is 18.0 Å². The minimum atomic E-state index is -3.13. The standard InChI is InChI=1S/C13H24N2O4S/c1-9(2)7-10(3)8-15-12(16)11(14-13(15)17)5-6-20(4,18)19/h9-11H,5-8H2,1-4H3,(H,14,17)/t10-,11+/m1/s1. The lowest BCUT2D eigenvalue weighted by Gasteiger charge is -2.19. The van der Waals surface area contributed by atoms with E-state index in [1.165, 1.54) is 4.90 Å². The molecule has 20 heavy (non-hydrogen) atoms. The molecule has 1 rings (SSSR count). The molecule has 0 bridgehead atoms. The number of rotatable bonds is 7. The van der Waals surface area contributed by atoms with Crippen LogP contribution in [0.1, 0.15) is 33.6 Å². The van der Waals surface area contributed by atoms with Gasteiger partial charge in [-0.05, 0) is 24.7 Å². The van der Waals surface area contributed by atoms with Gasteiger partial charge in [0.05, 0.1) is 5.75 Å². The molecule has 0 spiro atoms. The Hall–Kier alpha value is -1.11. The molecule has 6 nitrogen and oxygen atoms in total. The van der Waals surface area contributed by atoms with Crippen molar-refractivity contribution in [1.29, 1.82) is 0 Å². The van der Waals surface area contributed by atoms with E-state index in [1.54, 1.807) is 0 Å². The Morgan fingerprint density at radius 3 is 2.35 bits per heavy atom. The van der Waals surface area contributed by atoms with Gasteiger partial charge in [-0.15, -0.1) is 0 Å². The minimum absolute atomic E-state index is 0.0981. The number of urea groups is 1. The van der Waals surface area contributed by atoms with Gasteiger partial charge in [0.15, 0.2) is 0 Å². The second-order valence-corrected chi connectivity index (χ2v) is 8.36. The maximum atomic E-state index is 12.1. The van der Waals surface area contributed by atoms with Gasteiger partial charge in [-0.2, -0.15) is 0 Å². The van der Waals surface area contributed by atoms with Gasteiger partial charge in [-0.1, -0.05) is 20.8 Å². The Morgan fingerprint density at radius 2 is 1.85 bits per heavy atom. The van der Waals surface area contributed by atoms with E-state index < -0.39 is 21.9 Å². The minimum Gasteiger partial charge on any atom is -0.326 e. The molecule has 0 radical (unpaired) electrons. The molecule has 7 heteroatoms. The van der Waals surface area contributed by atoms with E-state index in [4.69, 9.17) is 0 Å². The molecule has 0 saturated carbocycles. The summed E-state index contributed by atoms with van der Waals surface area (Å²) in [6.07, 6.45) is 2.19. The van der Waals surface area contributed by atoms with Gasteiger partial charge in [0, 0.05) is 12.8 Å². The van der Waals surface area contributed by atoms with Crippen molar-refractivity contribution >= 4 is 21.8 Å². The van der Waals surface area contributed by atoms with Gasteiger partial charge in [0.25, 0.3) is 5.91 Å². The van der Waals surface area contributed by atoms with Crippen LogP contribution in [0.15, 0.2) is 0 Å². The second kappa shape index (κ2) is 6.56. The summed E-state index contributed by atoms with van der Waals surface area (Å²) >= 11 is 0. The predicted octanol–water partition coefficient (Wildman–Crippen LogP) is 1.02. The van der Waals surface area contributed by atoms with Gasteiger partial charge >= 0.3 is 6.03 Å². The average Bonchev–Trinajstić information content (AvgIpc) is 2.52. The van der Waals surface area contributed by atoms with Gasteiger partial charge in [-0.3, -0.25) is 9.69 Å². The topological polar surface area (TPSA) is 83.6 Å². The van der Waals surface area contributed by atoms with Crippen molar-refractivity contribution in [1.82, 2.24) is 10.2 Å². The van der Waals surface area contributed by atoms with Gasteiger partial charge in [0.1, 0.15) is 15.9 Å². The van der Waals surface area contributed by atoms with Crippen LogP contribution in [-0.4, -0.2) is 49.9 Å². The van der Waals surface area contributed by atoms with Crippen LogP contribution in [0.5, 0.6) is 0 Å². The highest BCUT2D eigenvalue weighted by Gasteiger charge is 2.38. The number of nitrogens with one attached hydrogen (secondary N) is 1. The lowest BCUT2D eigenvalue weighted by Crippen LogP contribution is -2.35. The fourth-order valence-electron chi connectivity index (χ4n) is 2.47. The van der Waals surface area contributed by atoms with Crippen molar-refractivity contribution in [2.75, 3.05) is 18.6 Å². The molecule has 0 unspecified atom stereocenters. The number of carbonyl (C=O) groups is 2. The monoisotopic (exact) mass is 304 g/mol. The maximum Gasteiger partial charge on any atom is 0.324 e. The quantitative estimate of drug-likeness (QED) is 0.712. The first kappa shape index (κ1) is 16.9. The van der Waals surface area contributed by atoms with Crippen LogP contribution in [0, 0.1) is 11.8 Å². The molecule has 0 aliphatic carbocycles. The molecule has 2 atom stereocenters. The summed E-state index contributed by atoms with van der Waals surface area (Å²) in [4.78, 5) is 25.1. The third kappa shape index (κ3) is 5.11. The van der Waals surface area contributed by atoms with Gasteiger partial charge in [0.2, 0.25) is 0 Å². The van der Waals surface area contributed by atoms with Crippen molar-refractivity contribution in [2.45, 2.75) is 39.7 Å². The van der Waals surface area contributed by atoms with Crippen LogP contribution in [0.25, 0.3) is 0 Å². The Balaban J connectivity index is 2.58. The van der Waals surface area contributed by atoms with Crippen molar-refractivity contribution in [3.8, 4) is 0 Å². The van der Waals surface area contributed by atoms with E-state index in [0.29, 0.717) is 12.5 Å². The Labute approximate surface area is 120 Å². The highest BCUT2D eigenvalue weighted by molar-refractivity contribution is 7.90. The van der Waals surface area contributed by atoms with Crippen LogP contribution in [0.3, 0.4) is 0 Å². The van der Waals surface area contributed by atoms with Crippen LogP contribution in [0.4, 0.5) is 4.79 Å². The Kier molecular flexibility index (Phi) is 5.56. The molecule has 1 aliphatic heterocycles. The van der Waals surface area contributed by atoms with Crippen molar-refractivity contribution in [3.63, 3.8) is 0 Å². The summed E-state index contributed by atoms with van der Waals surface area (Å²) in [6.45, 7) is 6.58. The fourth-order valence-corrected chi connectivity index (χ4v) is 3.13. The van der Waals surface area contributed by atoms with Crippen molar-refractivity contribution in [3.05, 3.63) is 0 Å². The van der Waals surface area contributed by atoms with Gasteiger partial charge in [-0.25, -0.2) is 13.2 Å². The predicted molar refractivity (Wildman–Crippen MR) is 77.0 cm³/mol. The van der Waals surface area contributed by atoms with E-state index >= 15 is 0 Å². The first-order chi connectivity index (χ1) is 9.10. The first-order valence-electron chi connectivity index (χ1n) is 6.89. The Morgan fingerprint density at radius 1 is 1.25 bits per heavy atom. The van der Waals surface area contributed by atoms with E-state index in [1.807, 2.05) is 6.92 Å². The average molecular weight is 304 g/mol. The van der Waals surface area contributed by atoms with E-state index in [0.717, 1.165) is 12.7 Å². The number of sulfone groups is 1. The maximum absolute atomic E-state index is 12.1. The number of hydrogen-bond acceptors (Lipinski definition) is 4.